The molecule has 166 valence electrons. The minimum absolute atomic E-state index is 0.710. The Bertz CT molecular complexity index is 1380. The van der Waals surface area contributed by atoms with E-state index in [2.05, 4.69) is 75.4 Å². The Morgan fingerprint density at radius 3 is 2.45 bits per heavy atom. The number of aryl methyl sites for hydroxylation is 3. The average Bonchev–Trinajstić information content (AvgIpc) is 3.47. The van der Waals surface area contributed by atoms with Crippen molar-refractivity contribution in [2.45, 2.75) is 44.5 Å². The number of hydrogen-bond donors (Lipinski definition) is 0. The molecule has 5 rings (SSSR count). The first-order valence-electron chi connectivity index (χ1n) is 11.2. The third kappa shape index (κ3) is 4.04. The Labute approximate surface area is 197 Å². The number of para-hydroxylation sites is 1. The third-order valence-electron chi connectivity index (χ3n) is 5.82. The molecule has 0 amide bonds. The molecular weight excluding hydrogens is 428 g/mol. The van der Waals surface area contributed by atoms with E-state index in [4.69, 9.17) is 4.98 Å². The topological polar surface area (TPSA) is 60.9 Å². The van der Waals surface area contributed by atoms with Gasteiger partial charge in [-0.1, -0.05) is 49.9 Å². The van der Waals surface area contributed by atoms with Crippen LogP contribution in [0.25, 0.3) is 22.7 Å². The summed E-state index contributed by atoms with van der Waals surface area (Å²) in [6.45, 7) is 6.47. The summed E-state index contributed by atoms with van der Waals surface area (Å²) < 4.78 is 4.29. The molecule has 0 aliphatic heterocycles. The van der Waals surface area contributed by atoms with Gasteiger partial charge in [0.15, 0.2) is 11.0 Å². The Hall–Kier alpha value is -3.45. The molecule has 0 N–H and O–H groups in total. The average molecular weight is 455 g/mol. The van der Waals surface area contributed by atoms with Crippen molar-refractivity contribution in [3.05, 3.63) is 89.6 Å². The first-order chi connectivity index (χ1) is 16.2. The van der Waals surface area contributed by atoms with E-state index in [1.807, 2.05) is 30.6 Å². The van der Waals surface area contributed by atoms with Crippen LogP contribution in [0.1, 0.15) is 36.2 Å². The quantitative estimate of drug-likeness (QED) is 0.295. The molecule has 0 aliphatic rings. The predicted octanol–water partition coefficient (Wildman–Crippen LogP) is 5.70. The van der Waals surface area contributed by atoms with Gasteiger partial charge >= 0.3 is 0 Å². The lowest BCUT2D eigenvalue weighted by Crippen LogP contribution is -2.07. The first kappa shape index (κ1) is 21.4. The zero-order valence-corrected chi connectivity index (χ0v) is 19.9. The molecule has 0 atom stereocenters. The summed E-state index contributed by atoms with van der Waals surface area (Å²) in [6.07, 6.45) is 9.63. The van der Waals surface area contributed by atoms with Crippen LogP contribution >= 0.6 is 11.8 Å². The van der Waals surface area contributed by atoms with E-state index in [9.17, 15) is 0 Å². The molecule has 0 aliphatic carbocycles. The van der Waals surface area contributed by atoms with Crippen molar-refractivity contribution in [2.75, 3.05) is 0 Å². The standard InChI is InChI=1S/C26H26N6S/c1-4-19-10-6-11-20(5-2)23(19)32-25(21-12-7-13-27-15-21)29-30-26(32)33-17-22-16-31-14-8-9-18(3)24(31)28-22/h6-16H,4-5,17H2,1-3H3. The molecule has 5 aromatic rings. The molecule has 0 bridgehead atoms. The van der Waals surface area contributed by atoms with E-state index < -0.39 is 0 Å². The van der Waals surface area contributed by atoms with E-state index in [1.54, 1.807) is 18.0 Å². The Morgan fingerprint density at radius 2 is 1.76 bits per heavy atom. The molecule has 0 unspecified atom stereocenters. The molecule has 0 fully saturated rings. The van der Waals surface area contributed by atoms with Crippen molar-refractivity contribution in [2.24, 2.45) is 0 Å². The summed E-state index contributed by atoms with van der Waals surface area (Å²) in [5.41, 5.74) is 7.88. The number of rotatable bonds is 7. The number of aromatic nitrogens is 6. The van der Waals surface area contributed by atoms with Gasteiger partial charge in [0, 0.05) is 36.1 Å². The largest absolute Gasteiger partial charge is 0.307 e. The first-order valence-corrected chi connectivity index (χ1v) is 12.2. The third-order valence-corrected chi connectivity index (χ3v) is 6.78. The van der Waals surface area contributed by atoms with Crippen LogP contribution in [-0.2, 0) is 18.6 Å². The lowest BCUT2D eigenvalue weighted by atomic mass is 10.0. The summed E-state index contributed by atoms with van der Waals surface area (Å²) in [7, 11) is 0. The van der Waals surface area contributed by atoms with Gasteiger partial charge in [0.25, 0.3) is 0 Å². The van der Waals surface area contributed by atoms with Crippen molar-refractivity contribution < 1.29 is 0 Å². The van der Waals surface area contributed by atoms with Gasteiger partial charge in [-0.25, -0.2) is 4.98 Å². The van der Waals surface area contributed by atoms with Crippen LogP contribution in [0.5, 0.6) is 0 Å². The predicted molar refractivity (Wildman–Crippen MR) is 133 cm³/mol. The molecular formula is C26H26N6S. The van der Waals surface area contributed by atoms with E-state index >= 15 is 0 Å². The summed E-state index contributed by atoms with van der Waals surface area (Å²) in [5, 5.41) is 10.1. The summed E-state index contributed by atoms with van der Waals surface area (Å²) >= 11 is 1.66. The molecule has 1 aromatic carbocycles. The number of pyridine rings is 2. The number of imidazole rings is 1. The highest BCUT2D eigenvalue weighted by Gasteiger charge is 2.21. The molecule has 4 heterocycles. The summed E-state index contributed by atoms with van der Waals surface area (Å²) in [5.74, 6) is 1.52. The van der Waals surface area contributed by atoms with Crippen LogP contribution in [0, 0.1) is 6.92 Å². The number of nitrogens with zero attached hydrogens (tertiary/aromatic N) is 6. The second-order valence-electron chi connectivity index (χ2n) is 7.96. The van der Waals surface area contributed by atoms with Crippen LogP contribution in [0.2, 0.25) is 0 Å². The fourth-order valence-corrected chi connectivity index (χ4v) is 4.98. The lowest BCUT2D eigenvalue weighted by Gasteiger charge is -2.17. The number of fused-ring (bicyclic) bond motifs is 1. The Balaban J connectivity index is 1.60. The SMILES string of the molecule is CCc1cccc(CC)c1-n1c(SCc2cn3cccc(C)c3n2)nnc1-c1cccnc1. The van der Waals surface area contributed by atoms with Crippen molar-refractivity contribution in [1.82, 2.24) is 29.1 Å². The maximum Gasteiger partial charge on any atom is 0.196 e. The highest BCUT2D eigenvalue weighted by atomic mass is 32.2. The molecule has 0 saturated carbocycles. The van der Waals surface area contributed by atoms with Crippen molar-refractivity contribution in [3.8, 4) is 17.1 Å². The van der Waals surface area contributed by atoms with Gasteiger partial charge in [0.1, 0.15) is 5.65 Å². The highest BCUT2D eigenvalue weighted by Crippen LogP contribution is 2.33. The van der Waals surface area contributed by atoms with E-state index in [1.165, 1.54) is 22.4 Å². The second kappa shape index (κ2) is 9.19. The van der Waals surface area contributed by atoms with Crippen LogP contribution < -0.4 is 0 Å². The van der Waals surface area contributed by atoms with Crippen LogP contribution in [-0.4, -0.2) is 29.1 Å². The summed E-state index contributed by atoms with van der Waals surface area (Å²) in [4.78, 5) is 9.15. The molecule has 0 radical (unpaired) electrons. The van der Waals surface area contributed by atoms with Crippen molar-refractivity contribution in [3.63, 3.8) is 0 Å². The fourth-order valence-electron chi connectivity index (χ4n) is 4.16. The van der Waals surface area contributed by atoms with Gasteiger partial charge in [0.2, 0.25) is 0 Å². The van der Waals surface area contributed by atoms with E-state index in [0.717, 1.165) is 40.7 Å². The molecule has 4 aromatic heterocycles. The van der Waals surface area contributed by atoms with Gasteiger partial charge in [-0.2, -0.15) is 0 Å². The fraction of sp³-hybridized carbons (Fsp3) is 0.231. The van der Waals surface area contributed by atoms with Crippen LogP contribution in [0.4, 0.5) is 0 Å². The maximum atomic E-state index is 4.84. The van der Waals surface area contributed by atoms with Crippen molar-refractivity contribution in [1.29, 1.82) is 0 Å². The maximum absolute atomic E-state index is 4.84. The Morgan fingerprint density at radius 1 is 0.939 bits per heavy atom. The highest BCUT2D eigenvalue weighted by molar-refractivity contribution is 7.98. The van der Waals surface area contributed by atoms with Gasteiger partial charge in [-0.05, 0) is 54.7 Å². The van der Waals surface area contributed by atoms with Gasteiger partial charge in [-0.15, -0.1) is 10.2 Å². The van der Waals surface area contributed by atoms with Gasteiger partial charge in [0.05, 0.1) is 11.4 Å². The summed E-state index contributed by atoms with van der Waals surface area (Å²) in [6, 6.07) is 14.6. The molecule has 0 saturated heterocycles. The van der Waals surface area contributed by atoms with Gasteiger partial charge in [-0.3, -0.25) is 9.55 Å². The second-order valence-corrected chi connectivity index (χ2v) is 8.90. The van der Waals surface area contributed by atoms with Crippen LogP contribution in [0.3, 0.4) is 0 Å². The number of thioether (sulfide) groups is 1. The number of benzene rings is 1. The molecule has 7 heteroatoms. The normalized spacial score (nSPS) is 11.4. The lowest BCUT2D eigenvalue weighted by molar-refractivity contribution is 0.857. The smallest absolute Gasteiger partial charge is 0.196 e. The van der Waals surface area contributed by atoms with Crippen LogP contribution in [0.15, 0.2) is 72.4 Å². The van der Waals surface area contributed by atoms with Gasteiger partial charge < -0.3 is 4.40 Å². The minimum Gasteiger partial charge on any atom is -0.307 e. The minimum atomic E-state index is 0.710. The molecule has 33 heavy (non-hydrogen) atoms. The monoisotopic (exact) mass is 454 g/mol. The zero-order valence-electron chi connectivity index (χ0n) is 19.1. The van der Waals surface area contributed by atoms with E-state index in [-0.39, 0.29) is 0 Å². The zero-order chi connectivity index (χ0) is 22.8. The molecule has 6 nitrogen and oxygen atoms in total. The van der Waals surface area contributed by atoms with E-state index in [0.29, 0.717) is 5.75 Å². The Kier molecular flexibility index (Phi) is 5.96. The number of hydrogen-bond acceptors (Lipinski definition) is 5. The molecule has 0 spiro atoms. The van der Waals surface area contributed by atoms with Crippen molar-refractivity contribution >= 4 is 17.4 Å².